The Hall–Kier alpha value is -1.45. The monoisotopic (exact) mass is 222 g/mol. The van der Waals surface area contributed by atoms with E-state index < -0.39 is 5.67 Å². The first-order chi connectivity index (χ1) is 7.58. The van der Waals surface area contributed by atoms with E-state index in [1.165, 1.54) is 6.20 Å². The van der Waals surface area contributed by atoms with Gasteiger partial charge in [-0.15, -0.1) is 0 Å². The number of carbonyl (C=O) groups excluding carboxylic acids is 1. The molecule has 2 rings (SSSR count). The first-order valence-electron chi connectivity index (χ1n) is 5.47. The number of rotatable bonds is 1. The van der Waals surface area contributed by atoms with Crippen LogP contribution in [-0.4, -0.2) is 34.5 Å². The third-order valence-corrected chi connectivity index (χ3v) is 2.84. The van der Waals surface area contributed by atoms with Crippen molar-refractivity contribution < 1.29 is 9.18 Å². The van der Waals surface area contributed by atoms with Gasteiger partial charge < -0.3 is 4.90 Å². The van der Waals surface area contributed by atoms with Gasteiger partial charge in [-0.25, -0.2) is 4.39 Å². The summed E-state index contributed by atoms with van der Waals surface area (Å²) >= 11 is 0. The van der Waals surface area contributed by atoms with Crippen LogP contribution in [-0.2, 0) is 0 Å². The number of halogens is 1. The van der Waals surface area contributed by atoms with Crippen molar-refractivity contribution in [1.29, 1.82) is 0 Å². The molecule has 86 valence electrons. The zero-order valence-corrected chi connectivity index (χ0v) is 9.32. The molecule has 4 heteroatoms. The number of alkyl halides is 1. The number of amides is 1. The number of pyridine rings is 1. The van der Waals surface area contributed by atoms with Crippen LogP contribution in [0.1, 0.15) is 30.1 Å². The van der Waals surface area contributed by atoms with Crippen LogP contribution in [0.15, 0.2) is 24.5 Å². The Morgan fingerprint density at radius 2 is 2.44 bits per heavy atom. The smallest absolute Gasteiger partial charge is 0.255 e. The van der Waals surface area contributed by atoms with E-state index in [9.17, 15) is 9.18 Å². The van der Waals surface area contributed by atoms with Crippen LogP contribution in [0.25, 0.3) is 0 Å². The van der Waals surface area contributed by atoms with Gasteiger partial charge in [-0.05, 0) is 31.9 Å². The molecule has 1 aliphatic heterocycles. The second kappa shape index (κ2) is 4.20. The Bertz CT molecular complexity index is 378. The molecular weight excluding hydrogens is 207 g/mol. The van der Waals surface area contributed by atoms with Crippen LogP contribution in [0.3, 0.4) is 0 Å². The molecule has 1 atom stereocenters. The van der Waals surface area contributed by atoms with E-state index in [4.69, 9.17) is 0 Å². The Balaban J connectivity index is 2.11. The maximum absolute atomic E-state index is 13.8. The van der Waals surface area contributed by atoms with Crippen LogP contribution in [0, 0.1) is 0 Å². The van der Waals surface area contributed by atoms with Crippen molar-refractivity contribution in [3.8, 4) is 0 Å². The van der Waals surface area contributed by atoms with Gasteiger partial charge in [0.15, 0.2) is 0 Å². The lowest BCUT2D eigenvalue weighted by Gasteiger charge is -2.35. The molecule has 1 aromatic rings. The van der Waals surface area contributed by atoms with Crippen molar-refractivity contribution in [2.45, 2.75) is 25.4 Å². The van der Waals surface area contributed by atoms with Gasteiger partial charge in [-0.3, -0.25) is 9.78 Å². The highest BCUT2D eigenvalue weighted by Gasteiger charge is 2.33. The minimum Gasteiger partial charge on any atom is -0.335 e. The quantitative estimate of drug-likeness (QED) is 0.728. The SMILES string of the molecule is C[C@]1(F)CCCN(C(=O)c2cccnc2)C1. The minimum atomic E-state index is -1.25. The number of hydrogen-bond acceptors (Lipinski definition) is 2. The summed E-state index contributed by atoms with van der Waals surface area (Å²) in [5, 5.41) is 0. The van der Waals surface area contributed by atoms with E-state index in [2.05, 4.69) is 4.98 Å². The lowest BCUT2D eigenvalue weighted by molar-refractivity contribution is 0.0417. The van der Waals surface area contributed by atoms with Crippen LogP contribution in [0.5, 0.6) is 0 Å². The highest BCUT2D eigenvalue weighted by molar-refractivity contribution is 5.94. The molecule has 16 heavy (non-hydrogen) atoms. The zero-order chi connectivity index (χ0) is 11.6. The summed E-state index contributed by atoms with van der Waals surface area (Å²) in [4.78, 5) is 17.5. The van der Waals surface area contributed by atoms with Crippen molar-refractivity contribution in [3.63, 3.8) is 0 Å². The molecule has 1 fully saturated rings. The average molecular weight is 222 g/mol. The van der Waals surface area contributed by atoms with Gasteiger partial charge in [0, 0.05) is 18.9 Å². The molecule has 0 N–H and O–H groups in total. The van der Waals surface area contributed by atoms with E-state index >= 15 is 0 Å². The predicted octanol–water partition coefficient (Wildman–Crippen LogP) is 2.05. The fraction of sp³-hybridized carbons (Fsp3) is 0.500. The van der Waals surface area contributed by atoms with E-state index in [0.717, 1.165) is 6.42 Å². The molecule has 1 aliphatic rings. The van der Waals surface area contributed by atoms with Crippen molar-refractivity contribution >= 4 is 5.91 Å². The second-order valence-electron chi connectivity index (χ2n) is 4.49. The first kappa shape index (κ1) is 11.0. The summed E-state index contributed by atoms with van der Waals surface area (Å²) in [5.74, 6) is -0.128. The van der Waals surface area contributed by atoms with E-state index in [1.54, 1.807) is 30.2 Å². The third-order valence-electron chi connectivity index (χ3n) is 2.84. The maximum atomic E-state index is 13.8. The highest BCUT2D eigenvalue weighted by atomic mass is 19.1. The first-order valence-corrected chi connectivity index (χ1v) is 5.47. The lowest BCUT2D eigenvalue weighted by Crippen LogP contribution is -2.46. The van der Waals surface area contributed by atoms with Crippen LogP contribution < -0.4 is 0 Å². The van der Waals surface area contributed by atoms with Gasteiger partial charge >= 0.3 is 0 Å². The number of hydrogen-bond donors (Lipinski definition) is 0. The van der Waals surface area contributed by atoms with Crippen molar-refractivity contribution in [2.75, 3.05) is 13.1 Å². The molecule has 0 aliphatic carbocycles. The number of piperidine rings is 1. The topological polar surface area (TPSA) is 33.2 Å². The number of nitrogens with zero attached hydrogens (tertiary/aromatic N) is 2. The molecular formula is C12H15FN2O. The summed E-state index contributed by atoms with van der Waals surface area (Å²) in [7, 11) is 0. The zero-order valence-electron chi connectivity index (χ0n) is 9.32. The Labute approximate surface area is 94.3 Å². The molecule has 0 unspecified atom stereocenters. The molecule has 0 spiro atoms. The number of likely N-dealkylation sites (tertiary alicyclic amines) is 1. The molecule has 1 aromatic heterocycles. The largest absolute Gasteiger partial charge is 0.335 e. The van der Waals surface area contributed by atoms with Crippen LogP contribution in [0.4, 0.5) is 4.39 Å². The summed E-state index contributed by atoms with van der Waals surface area (Å²) in [6.07, 6.45) is 4.39. The van der Waals surface area contributed by atoms with E-state index in [1.807, 2.05) is 0 Å². The van der Waals surface area contributed by atoms with Gasteiger partial charge in [0.05, 0.1) is 12.1 Å². The van der Waals surface area contributed by atoms with Gasteiger partial charge in [-0.2, -0.15) is 0 Å². The summed E-state index contributed by atoms with van der Waals surface area (Å²) in [6, 6.07) is 3.42. The van der Waals surface area contributed by atoms with Crippen molar-refractivity contribution in [3.05, 3.63) is 30.1 Å². The summed E-state index contributed by atoms with van der Waals surface area (Å²) < 4.78 is 13.8. The molecule has 0 radical (unpaired) electrons. The van der Waals surface area contributed by atoms with Crippen LogP contribution in [0.2, 0.25) is 0 Å². The standard InChI is InChI=1S/C12H15FN2O/c1-12(13)5-3-7-15(9-12)11(16)10-4-2-6-14-8-10/h2,4,6,8H,3,5,7,9H2,1H3/t12-/m0/s1. The highest BCUT2D eigenvalue weighted by Crippen LogP contribution is 2.25. The normalized spacial score (nSPS) is 25.5. The van der Waals surface area contributed by atoms with E-state index in [0.29, 0.717) is 18.5 Å². The molecule has 0 aromatic carbocycles. The molecule has 0 saturated carbocycles. The van der Waals surface area contributed by atoms with Crippen LogP contribution >= 0.6 is 0 Å². The Kier molecular flexibility index (Phi) is 2.90. The predicted molar refractivity (Wildman–Crippen MR) is 58.9 cm³/mol. The molecule has 0 bridgehead atoms. The molecule has 3 nitrogen and oxygen atoms in total. The Morgan fingerprint density at radius 3 is 3.06 bits per heavy atom. The van der Waals surface area contributed by atoms with Gasteiger partial charge in [0.25, 0.3) is 5.91 Å². The summed E-state index contributed by atoms with van der Waals surface area (Å²) in [6.45, 7) is 2.36. The number of carbonyl (C=O) groups is 1. The third kappa shape index (κ3) is 2.38. The van der Waals surface area contributed by atoms with Gasteiger partial charge in [0.2, 0.25) is 0 Å². The van der Waals surface area contributed by atoms with Gasteiger partial charge in [-0.1, -0.05) is 0 Å². The Morgan fingerprint density at radius 1 is 1.62 bits per heavy atom. The molecule has 1 saturated heterocycles. The molecule has 2 heterocycles. The average Bonchev–Trinajstić information content (AvgIpc) is 2.28. The molecule has 1 amide bonds. The van der Waals surface area contributed by atoms with E-state index in [-0.39, 0.29) is 12.5 Å². The van der Waals surface area contributed by atoms with Crippen molar-refractivity contribution in [2.24, 2.45) is 0 Å². The summed E-state index contributed by atoms with van der Waals surface area (Å²) in [5.41, 5.74) is -0.726. The fourth-order valence-corrected chi connectivity index (χ4v) is 2.04. The second-order valence-corrected chi connectivity index (χ2v) is 4.49. The number of aromatic nitrogens is 1. The minimum absolute atomic E-state index is 0.128. The lowest BCUT2D eigenvalue weighted by atomic mass is 9.96. The maximum Gasteiger partial charge on any atom is 0.255 e. The van der Waals surface area contributed by atoms with Gasteiger partial charge in [0.1, 0.15) is 5.67 Å². The van der Waals surface area contributed by atoms with Crippen molar-refractivity contribution in [1.82, 2.24) is 9.88 Å². The fourth-order valence-electron chi connectivity index (χ4n) is 2.04.